The fourth-order valence-corrected chi connectivity index (χ4v) is 5.06. The van der Waals surface area contributed by atoms with E-state index in [0.717, 1.165) is 11.1 Å². The van der Waals surface area contributed by atoms with Gasteiger partial charge in [-0.05, 0) is 84.6 Å². The Morgan fingerprint density at radius 2 is 0.909 bits per heavy atom. The summed E-state index contributed by atoms with van der Waals surface area (Å²) in [7, 11) is -3.94. The zero-order valence-corrected chi connectivity index (χ0v) is 18.8. The molecule has 0 heterocycles. The van der Waals surface area contributed by atoms with Crippen LogP contribution in [-0.4, -0.2) is 28.8 Å². The maximum atomic E-state index is 13.5. The Hall–Kier alpha value is -3.97. The summed E-state index contributed by atoms with van der Waals surface area (Å²) in [5.74, 6) is -0.508. The Morgan fingerprint density at radius 3 is 1.27 bits per heavy atom. The zero-order chi connectivity index (χ0) is 23.9. The molecule has 0 fully saturated rings. The van der Waals surface area contributed by atoms with Crippen molar-refractivity contribution in [3.63, 3.8) is 0 Å². The average molecular weight is 463 g/mol. The lowest BCUT2D eigenvalue weighted by molar-refractivity contribution is 0.451. The molecule has 0 bridgehead atoms. The van der Waals surface area contributed by atoms with Crippen molar-refractivity contribution in [2.75, 3.05) is 0 Å². The third-order valence-corrected chi connectivity index (χ3v) is 7.33. The number of hydrogen-bond donors (Lipinski definition) is 4. The van der Waals surface area contributed by atoms with E-state index in [4.69, 9.17) is 0 Å². The molecule has 4 rings (SSSR count). The van der Waals surface area contributed by atoms with Crippen LogP contribution in [0.4, 0.5) is 0 Å². The van der Waals surface area contributed by atoms with E-state index in [-0.39, 0.29) is 32.8 Å². The van der Waals surface area contributed by atoms with Crippen molar-refractivity contribution in [1.29, 1.82) is 0 Å². The standard InChI is InChI=1S/C26H22O6S/c1-15-3-7-19(13-23(15)21-9-5-17(27)11-25(21)29)33(31,32)20-8-4-16(2)24(14-20)22-10-6-18(28)12-26(22)30/h3-14,27-30H,1-2H3. The molecule has 0 aliphatic carbocycles. The van der Waals surface area contributed by atoms with E-state index < -0.39 is 9.84 Å². The van der Waals surface area contributed by atoms with E-state index in [2.05, 4.69) is 0 Å². The van der Waals surface area contributed by atoms with E-state index in [0.29, 0.717) is 22.3 Å². The van der Waals surface area contributed by atoms with Crippen molar-refractivity contribution >= 4 is 9.84 Å². The Morgan fingerprint density at radius 1 is 0.515 bits per heavy atom. The summed E-state index contributed by atoms with van der Waals surface area (Å²) >= 11 is 0. The molecule has 0 unspecified atom stereocenters. The number of hydrogen-bond acceptors (Lipinski definition) is 6. The predicted octanol–water partition coefficient (Wildman–Crippen LogP) is 5.29. The van der Waals surface area contributed by atoms with Gasteiger partial charge >= 0.3 is 0 Å². The number of aromatic hydroxyl groups is 4. The molecule has 0 amide bonds. The van der Waals surface area contributed by atoms with E-state index in [1.165, 1.54) is 60.7 Å². The van der Waals surface area contributed by atoms with E-state index in [9.17, 15) is 28.8 Å². The van der Waals surface area contributed by atoms with Crippen LogP contribution in [0.3, 0.4) is 0 Å². The quantitative estimate of drug-likeness (QED) is 0.327. The highest BCUT2D eigenvalue weighted by Crippen LogP contribution is 2.38. The van der Waals surface area contributed by atoms with Crippen LogP contribution >= 0.6 is 0 Å². The van der Waals surface area contributed by atoms with E-state index in [1.54, 1.807) is 26.0 Å². The third kappa shape index (κ3) is 4.10. The van der Waals surface area contributed by atoms with Gasteiger partial charge in [-0.25, -0.2) is 8.42 Å². The Balaban J connectivity index is 1.84. The van der Waals surface area contributed by atoms with Crippen LogP contribution in [0, 0.1) is 13.8 Å². The van der Waals surface area contributed by atoms with Crippen molar-refractivity contribution in [3.05, 3.63) is 83.9 Å². The topological polar surface area (TPSA) is 115 Å². The van der Waals surface area contributed by atoms with Gasteiger partial charge in [0.2, 0.25) is 9.84 Å². The number of rotatable bonds is 4. The molecule has 0 saturated heterocycles. The Kier molecular flexibility index (Phi) is 5.51. The van der Waals surface area contributed by atoms with E-state index >= 15 is 0 Å². The van der Waals surface area contributed by atoms with Gasteiger partial charge in [-0.3, -0.25) is 0 Å². The summed E-state index contributed by atoms with van der Waals surface area (Å²) in [5, 5.41) is 39.7. The second-order valence-corrected chi connectivity index (χ2v) is 9.81. The highest BCUT2D eigenvalue weighted by molar-refractivity contribution is 7.91. The van der Waals surface area contributed by atoms with Gasteiger partial charge in [0.15, 0.2) is 0 Å². The maximum absolute atomic E-state index is 13.5. The van der Waals surface area contributed by atoms with E-state index in [1.807, 2.05) is 0 Å². The first-order valence-corrected chi connectivity index (χ1v) is 11.6. The molecule has 0 atom stereocenters. The van der Waals surface area contributed by atoms with Crippen molar-refractivity contribution in [3.8, 4) is 45.3 Å². The van der Waals surface area contributed by atoms with Crippen LogP contribution in [0.25, 0.3) is 22.3 Å². The molecule has 4 aromatic rings. The minimum Gasteiger partial charge on any atom is -0.508 e. The van der Waals surface area contributed by atoms with Gasteiger partial charge < -0.3 is 20.4 Å². The minimum absolute atomic E-state index is 0.0420. The molecular weight excluding hydrogens is 440 g/mol. The first kappa shape index (κ1) is 22.2. The molecule has 7 heteroatoms. The molecular formula is C26H22O6S. The second kappa shape index (κ2) is 8.18. The number of phenolic OH excluding ortho intramolecular Hbond substituents is 4. The zero-order valence-electron chi connectivity index (χ0n) is 17.9. The number of aryl methyl sites for hydroxylation is 2. The molecule has 0 aliphatic heterocycles. The highest BCUT2D eigenvalue weighted by Gasteiger charge is 2.22. The van der Waals surface area contributed by atoms with Crippen LogP contribution < -0.4 is 0 Å². The summed E-state index contributed by atoms with van der Waals surface area (Å²) in [4.78, 5) is 0.0839. The number of phenols is 4. The fraction of sp³-hybridized carbons (Fsp3) is 0.0769. The van der Waals surface area contributed by atoms with Crippen LogP contribution in [0.5, 0.6) is 23.0 Å². The maximum Gasteiger partial charge on any atom is 0.206 e. The molecule has 0 aliphatic rings. The predicted molar refractivity (Wildman–Crippen MR) is 125 cm³/mol. The summed E-state index contributed by atoms with van der Waals surface area (Å²) in [6.45, 7) is 3.60. The lowest BCUT2D eigenvalue weighted by Crippen LogP contribution is -2.03. The monoisotopic (exact) mass is 462 g/mol. The lowest BCUT2D eigenvalue weighted by Gasteiger charge is -2.14. The van der Waals surface area contributed by atoms with Gasteiger partial charge in [0, 0.05) is 23.3 Å². The minimum atomic E-state index is -3.94. The van der Waals surface area contributed by atoms with Crippen LogP contribution in [0.2, 0.25) is 0 Å². The molecule has 4 aromatic carbocycles. The lowest BCUT2D eigenvalue weighted by atomic mass is 9.99. The third-order valence-electron chi connectivity index (χ3n) is 5.58. The summed E-state index contributed by atoms with van der Waals surface area (Å²) < 4.78 is 27.0. The van der Waals surface area contributed by atoms with Crippen molar-refractivity contribution < 1.29 is 28.8 Å². The van der Waals surface area contributed by atoms with Crippen LogP contribution in [0.1, 0.15) is 11.1 Å². The Labute approximate surface area is 191 Å². The van der Waals surface area contributed by atoms with Gasteiger partial charge in [0.05, 0.1) is 9.79 Å². The number of benzene rings is 4. The van der Waals surface area contributed by atoms with Crippen molar-refractivity contribution in [2.45, 2.75) is 23.6 Å². The SMILES string of the molecule is Cc1ccc(S(=O)(=O)c2ccc(C)c(-c3ccc(O)cc3O)c2)cc1-c1ccc(O)cc1O. The van der Waals surface area contributed by atoms with Gasteiger partial charge in [-0.15, -0.1) is 0 Å². The van der Waals surface area contributed by atoms with Crippen molar-refractivity contribution in [2.24, 2.45) is 0 Å². The van der Waals surface area contributed by atoms with Crippen molar-refractivity contribution in [1.82, 2.24) is 0 Å². The van der Waals surface area contributed by atoms with Crippen LogP contribution in [-0.2, 0) is 9.84 Å². The molecule has 0 aromatic heterocycles. The molecule has 6 nitrogen and oxygen atoms in total. The molecule has 0 radical (unpaired) electrons. The molecule has 168 valence electrons. The van der Waals surface area contributed by atoms with Crippen LogP contribution in [0.15, 0.2) is 82.6 Å². The van der Waals surface area contributed by atoms with Gasteiger partial charge in [0.25, 0.3) is 0 Å². The second-order valence-electron chi connectivity index (χ2n) is 7.86. The molecule has 0 saturated carbocycles. The fourth-order valence-electron chi connectivity index (χ4n) is 3.75. The first-order chi connectivity index (χ1) is 15.6. The molecule has 4 N–H and O–H groups in total. The highest BCUT2D eigenvalue weighted by atomic mass is 32.2. The normalized spacial score (nSPS) is 11.5. The van der Waals surface area contributed by atoms with Gasteiger partial charge in [-0.2, -0.15) is 0 Å². The largest absolute Gasteiger partial charge is 0.508 e. The smallest absolute Gasteiger partial charge is 0.206 e. The molecule has 0 spiro atoms. The van der Waals surface area contributed by atoms with Gasteiger partial charge in [-0.1, -0.05) is 12.1 Å². The Bertz CT molecular complexity index is 1380. The molecule has 33 heavy (non-hydrogen) atoms. The first-order valence-electron chi connectivity index (χ1n) is 10.1. The summed E-state index contributed by atoms with van der Waals surface area (Å²) in [6.07, 6.45) is 0. The number of sulfone groups is 1. The summed E-state index contributed by atoms with van der Waals surface area (Å²) in [6, 6.07) is 17.6. The average Bonchev–Trinajstić information content (AvgIpc) is 2.75. The summed E-state index contributed by atoms with van der Waals surface area (Å²) in [5.41, 5.74) is 3.37. The van der Waals surface area contributed by atoms with Gasteiger partial charge in [0.1, 0.15) is 23.0 Å².